The van der Waals surface area contributed by atoms with Gasteiger partial charge in [0.2, 0.25) is 0 Å². The van der Waals surface area contributed by atoms with Crippen LogP contribution in [0.2, 0.25) is 0 Å². The fourth-order valence-corrected chi connectivity index (χ4v) is 1.23. The molecular weight excluding hydrogens is 160 g/mol. The Bertz CT molecular complexity index is 231. The van der Waals surface area contributed by atoms with Crippen molar-refractivity contribution in [3.8, 4) is 0 Å². The number of hydrogen-bond acceptors (Lipinski definition) is 1. The summed E-state index contributed by atoms with van der Waals surface area (Å²) in [5.74, 6) is 0. The Morgan fingerprint density at radius 1 is 0.923 bits per heavy atom. The molecule has 0 amide bonds. The van der Waals surface area contributed by atoms with E-state index in [2.05, 4.69) is 24.6 Å². The van der Waals surface area contributed by atoms with E-state index in [0.29, 0.717) is 0 Å². The number of hydrogen-bond donors (Lipinski definition) is 0. The minimum atomic E-state index is -0.363. The number of ether oxygens (including phenoxy) is 1. The molecule has 0 fully saturated rings. The standard InChI is InChI=1S/C12H18O/c1-7-9-11(3,4)13-12(5,6)10-8-2/h9-10H,1-2H2,3-6H3. The van der Waals surface area contributed by atoms with Crippen LogP contribution in [0.5, 0.6) is 0 Å². The lowest BCUT2D eigenvalue weighted by molar-refractivity contribution is -0.0681. The molecule has 0 N–H and O–H groups in total. The molecule has 72 valence electrons. The van der Waals surface area contributed by atoms with E-state index in [-0.39, 0.29) is 11.2 Å². The highest BCUT2D eigenvalue weighted by Gasteiger charge is 2.24. The van der Waals surface area contributed by atoms with Gasteiger partial charge in [0.1, 0.15) is 0 Å². The summed E-state index contributed by atoms with van der Waals surface area (Å²) in [4.78, 5) is 0. The van der Waals surface area contributed by atoms with E-state index >= 15 is 0 Å². The van der Waals surface area contributed by atoms with Gasteiger partial charge in [0, 0.05) is 0 Å². The Labute approximate surface area is 81.1 Å². The smallest absolute Gasteiger partial charge is 0.0891 e. The van der Waals surface area contributed by atoms with Crippen molar-refractivity contribution >= 4 is 0 Å². The van der Waals surface area contributed by atoms with Gasteiger partial charge in [-0.05, 0) is 39.8 Å². The van der Waals surface area contributed by atoms with Gasteiger partial charge in [-0.15, -0.1) is 11.5 Å². The van der Waals surface area contributed by atoms with Crippen molar-refractivity contribution in [3.05, 3.63) is 36.8 Å². The molecule has 0 rings (SSSR count). The molecule has 0 unspecified atom stereocenters. The van der Waals surface area contributed by atoms with Gasteiger partial charge in [-0.3, -0.25) is 0 Å². The summed E-state index contributed by atoms with van der Waals surface area (Å²) in [6.45, 7) is 14.9. The fraction of sp³-hybridized carbons (Fsp3) is 0.500. The molecule has 0 aromatic heterocycles. The van der Waals surface area contributed by atoms with Gasteiger partial charge in [0.15, 0.2) is 0 Å². The third kappa shape index (κ3) is 5.27. The molecule has 0 atom stereocenters. The second-order valence-electron chi connectivity index (χ2n) is 4.01. The van der Waals surface area contributed by atoms with Crippen molar-refractivity contribution in [1.82, 2.24) is 0 Å². The molecule has 0 aromatic rings. The van der Waals surface area contributed by atoms with Gasteiger partial charge in [-0.1, -0.05) is 13.2 Å². The maximum atomic E-state index is 5.79. The highest BCUT2D eigenvalue weighted by Crippen LogP contribution is 2.21. The molecule has 0 bridgehead atoms. The lowest BCUT2D eigenvalue weighted by atomic mass is 10.1. The molecule has 0 spiro atoms. The van der Waals surface area contributed by atoms with Crippen LogP contribution in [0, 0.1) is 0 Å². The van der Waals surface area contributed by atoms with Crippen LogP contribution in [0.25, 0.3) is 0 Å². The largest absolute Gasteiger partial charge is 0.360 e. The zero-order valence-corrected chi connectivity index (χ0v) is 8.98. The molecule has 0 heterocycles. The Morgan fingerprint density at radius 3 is 1.46 bits per heavy atom. The SMILES string of the molecule is C=C=CC(C)(C)OC(C)(C)C=C=C. The van der Waals surface area contributed by atoms with E-state index in [1.54, 1.807) is 12.2 Å². The third-order valence-corrected chi connectivity index (χ3v) is 1.43. The quantitative estimate of drug-likeness (QED) is 0.600. The first kappa shape index (κ1) is 12.0. The zero-order chi connectivity index (χ0) is 10.5. The van der Waals surface area contributed by atoms with Crippen molar-refractivity contribution in [2.45, 2.75) is 38.9 Å². The Balaban J connectivity index is 4.59. The molecule has 0 saturated carbocycles. The highest BCUT2D eigenvalue weighted by molar-refractivity contribution is 5.01. The number of rotatable bonds is 4. The maximum Gasteiger partial charge on any atom is 0.0891 e. The van der Waals surface area contributed by atoms with Crippen LogP contribution in [0.15, 0.2) is 36.8 Å². The van der Waals surface area contributed by atoms with Crippen molar-refractivity contribution in [1.29, 1.82) is 0 Å². The second kappa shape index (κ2) is 4.30. The topological polar surface area (TPSA) is 9.23 Å². The van der Waals surface area contributed by atoms with Crippen LogP contribution in [0.4, 0.5) is 0 Å². The zero-order valence-electron chi connectivity index (χ0n) is 8.98. The van der Waals surface area contributed by atoms with Crippen LogP contribution in [0.3, 0.4) is 0 Å². The molecule has 0 radical (unpaired) electrons. The van der Waals surface area contributed by atoms with Gasteiger partial charge in [0.05, 0.1) is 11.2 Å². The van der Waals surface area contributed by atoms with Gasteiger partial charge in [-0.25, -0.2) is 0 Å². The monoisotopic (exact) mass is 178 g/mol. The Morgan fingerprint density at radius 2 is 1.23 bits per heavy atom. The molecule has 13 heavy (non-hydrogen) atoms. The molecule has 1 nitrogen and oxygen atoms in total. The fourth-order valence-electron chi connectivity index (χ4n) is 1.23. The van der Waals surface area contributed by atoms with E-state index in [1.165, 1.54) is 0 Å². The summed E-state index contributed by atoms with van der Waals surface area (Å²) in [6, 6.07) is 0. The Kier molecular flexibility index (Phi) is 3.97. The van der Waals surface area contributed by atoms with Crippen molar-refractivity contribution in [2.75, 3.05) is 0 Å². The predicted molar refractivity (Wildman–Crippen MR) is 56.7 cm³/mol. The molecule has 0 saturated heterocycles. The van der Waals surface area contributed by atoms with Crippen LogP contribution in [0.1, 0.15) is 27.7 Å². The van der Waals surface area contributed by atoms with Crippen LogP contribution in [-0.2, 0) is 4.74 Å². The minimum Gasteiger partial charge on any atom is -0.360 e. The first-order valence-corrected chi connectivity index (χ1v) is 4.27. The van der Waals surface area contributed by atoms with Crippen molar-refractivity contribution in [3.63, 3.8) is 0 Å². The average Bonchev–Trinajstić information content (AvgIpc) is 1.82. The summed E-state index contributed by atoms with van der Waals surface area (Å²) in [5, 5.41) is 0. The van der Waals surface area contributed by atoms with Crippen LogP contribution >= 0.6 is 0 Å². The molecule has 0 aliphatic heterocycles. The summed E-state index contributed by atoms with van der Waals surface area (Å²) >= 11 is 0. The van der Waals surface area contributed by atoms with E-state index in [9.17, 15) is 0 Å². The molecule has 0 aliphatic rings. The molecule has 1 heteroatoms. The maximum absolute atomic E-state index is 5.79. The van der Waals surface area contributed by atoms with Crippen molar-refractivity contribution in [2.24, 2.45) is 0 Å². The molecular formula is C12H18O. The Hall–Kier alpha value is -1.00. The molecule has 0 aliphatic carbocycles. The van der Waals surface area contributed by atoms with Gasteiger partial charge in [-0.2, -0.15) is 0 Å². The van der Waals surface area contributed by atoms with Crippen LogP contribution in [-0.4, -0.2) is 11.2 Å². The first-order chi connectivity index (χ1) is 5.83. The van der Waals surface area contributed by atoms with Gasteiger partial charge < -0.3 is 4.74 Å². The van der Waals surface area contributed by atoms with Gasteiger partial charge >= 0.3 is 0 Å². The van der Waals surface area contributed by atoms with E-state index in [0.717, 1.165) is 0 Å². The third-order valence-electron chi connectivity index (χ3n) is 1.43. The average molecular weight is 178 g/mol. The van der Waals surface area contributed by atoms with E-state index in [4.69, 9.17) is 4.74 Å². The van der Waals surface area contributed by atoms with Crippen LogP contribution < -0.4 is 0 Å². The molecule has 0 aromatic carbocycles. The summed E-state index contributed by atoms with van der Waals surface area (Å²) in [5.41, 5.74) is 4.72. The summed E-state index contributed by atoms with van der Waals surface area (Å²) in [6.07, 6.45) is 3.59. The lowest BCUT2D eigenvalue weighted by Gasteiger charge is -2.31. The summed E-state index contributed by atoms with van der Waals surface area (Å²) in [7, 11) is 0. The normalized spacial score (nSPS) is 11.4. The first-order valence-electron chi connectivity index (χ1n) is 4.27. The second-order valence-corrected chi connectivity index (χ2v) is 4.01. The minimum absolute atomic E-state index is 0.362. The van der Waals surface area contributed by atoms with E-state index < -0.39 is 0 Å². The summed E-state index contributed by atoms with van der Waals surface area (Å²) < 4.78 is 5.79. The van der Waals surface area contributed by atoms with Crippen molar-refractivity contribution < 1.29 is 4.74 Å². The predicted octanol–water partition coefficient (Wildman–Crippen LogP) is 3.24. The lowest BCUT2D eigenvalue weighted by Crippen LogP contribution is -2.33. The van der Waals surface area contributed by atoms with E-state index in [1.807, 2.05) is 27.7 Å². The van der Waals surface area contributed by atoms with Gasteiger partial charge in [0.25, 0.3) is 0 Å². The highest BCUT2D eigenvalue weighted by atomic mass is 16.5.